The van der Waals surface area contributed by atoms with Gasteiger partial charge in [-0.2, -0.15) is 0 Å². The van der Waals surface area contributed by atoms with E-state index in [-0.39, 0.29) is 11.3 Å². The van der Waals surface area contributed by atoms with Gasteiger partial charge in [0, 0.05) is 61.8 Å². The monoisotopic (exact) mass is 747 g/mol. The number of benzene rings is 7. The average Bonchev–Trinajstić information content (AvgIpc) is 3.92. The van der Waals surface area contributed by atoms with E-state index >= 15 is 0 Å². The third-order valence-electron chi connectivity index (χ3n) is 13.1. The zero-order chi connectivity index (χ0) is 38.5. The molecule has 278 valence electrons. The van der Waals surface area contributed by atoms with Crippen LogP contribution in [0.15, 0.2) is 184 Å². The highest BCUT2D eigenvalue weighted by Crippen LogP contribution is 2.51. The van der Waals surface area contributed by atoms with E-state index in [2.05, 4.69) is 189 Å². The van der Waals surface area contributed by atoms with E-state index in [1.165, 1.54) is 55.4 Å². The molecule has 1 unspecified atom stereocenters. The lowest BCUT2D eigenvalue weighted by molar-refractivity contribution is 0.543. The Morgan fingerprint density at radius 2 is 1.38 bits per heavy atom. The van der Waals surface area contributed by atoms with Crippen molar-refractivity contribution in [2.75, 3.05) is 4.90 Å². The maximum absolute atomic E-state index is 6.55. The largest absolute Gasteiger partial charge is 0.460 e. The number of aryl methyl sites for hydroxylation is 1. The molecule has 0 fully saturated rings. The number of hydrogen-bond donors (Lipinski definition) is 0. The number of anilines is 2. The predicted molar refractivity (Wildman–Crippen MR) is 241 cm³/mol. The van der Waals surface area contributed by atoms with Gasteiger partial charge < -0.3 is 13.7 Å². The topological polar surface area (TPSA) is 29.5 Å². The molecule has 0 aliphatic heterocycles. The van der Waals surface area contributed by atoms with Gasteiger partial charge in [-0.05, 0) is 100 Å². The first-order chi connectivity index (χ1) is 28.5. The molecule has 58 heavy (non-hydrogen) atoms. The summed E-state index contributed by atoms with van der Waals surface area (Å²) in [5.74, 6) is 1.39. The first-order valence-corrected chi connectivity index (χ1v) is 20.6. The standard InChI is InChI=1S/C55H41NO2/c1-55(2)47-18-8-5-15-42(47)43-30-28-38(33-48(43)55)56(37-26-22-35(23-27-37)40-17-11-21-52-53(40)45-16-7-10-20-50(45)57-52)49-19-9-6-13-39(49)36-25-31-51-46(32-36)44-29-24-34-12-3-4-14-41(34)54(44)58-51/h3-10,12-20,22,24-33,35H,11,21,23H2,1-2H3. The van der Waals surface area contributed by atoms with E-state index in [9.17, 15) is 0 Å². The number of hydrogen-bond acceptors (Lipinski definition) is 3. The molecule has 0 radical (unpaired) electrons. The SMILES string of the molecule is CC1(C)c2ccccc2-c2ccc(N(C3=CCC(C4=CCCc5oc6ccccc6c54)C=C3)c3ccccc3-c3ccc4oc5c6ccccc6ccc5c4c3)cc21. The van der Waals surface area contributed by atoms with Gasteiger partial charge in [-0.3, -0.25) is 0 Å². The van der Waals surface area contributed by atoms with Crippen LogP contribution in [-0.4, -0.2) is 0 Å². The molecule has 0 saturated heterocycles. The van der Waals surface area contributed by atoms with Gasteiger partial charge in [0.1, 0.15) is 22.5 Å². The summed E-state index contributed by atoms with van der Waals surface area (Å²) in [6.07, 6.45) is 12.5. The van der Waals surface area contributed by atoms with Crippen LogP contribution < -0.4 is 4.90 Å². The van der Waals surface area contributed by atoms with Crippen molar-refractivity contribution in [3.8, 4) is 22.3 Å². The molecule has 3 heteroatoms. The minimum Gasteiger partial charge on any atom is -0.460 e. The predicted octanol–water partition coefficient (Wildman–Crippen LogP) is 15.1. The molecule has 9 aromatic rings. The van der Waals surface area contributed by atoms with Crippen LogP contribution in [0, 0.1) is 5.92 Å². The summed E-state index contributed by atoms with van der Waals surface area (Å²) in [5, 5.41) is 5.81. The van der Waals surface area contributed by atoms with Crippen molar-refractivity contribution < 1.29 is 8.83 Å². The van der Waals surface area contributed by atoms with Crippen molar-refractivity contribution in [3.63, 3.8) is 0 Å². The van der Waals surface area contributed by atoms with E-state index in [0.29, 0.717) is 0 Å². The van der Waals surface area contributed by atoms with Crippen LogP contribution in [0.1, 0.15) is 49.1 Å². The van der Waals surface area contributed by atoms with Gasteiger partial charge in [-0.25, -0.2) is 0 Å². The molecule has 2 heterocycles. The van der Waals surface area contributed by atoms with Crippen LogP contribution in [0.3, 0.4) is 0 Å². The second-order valence-corrected chi connectivity index (χ2v) is 16.7. The highest BCUT2D eigenvalue weighted by Gasteiger charge is 2.36. The van der Waals surface area contributed by atoms with Gasteiger partial charge in [0.2, 0.25) is 0 Å². The van der Waals surface area contributed by atoms with Crippen LogP contribution >= 0.6 is 0 Å². The summed E-state index contributed by atoms with van der Waals surface area (Å²) < 4.78 is 12.9. The Kier molecular flexibility index (Phi) is 7.23. The van der Waals surface area contributed by atoms with E-state index < -0.39 is 0 Å². The summed E-state index contributed by atoms with van der Waals surface area (Å²) in [5.41, 5.74) is 16.6. The van der Waals surface area contributed by atoms with Crippen LogP contribution in [-0.2, 0) is 11.8 Å². The second kappa shape index (κ2) is 12.6. The summed E-state index contributed by atoms with van der Waals surface area (Å²) in [7, 11) is 0. The summed E-state index contributed by atoms with van der Waals surface area (Å²) in [6.45, 7) is 4.73. The van der Waals surface area contributed by atoms with Crippen molar-refractivity contribution in [2.24, 2.45) is 5.92 Å². The summed E-state index contributed by atoms with van der Waals surface area (Å²) in [4.78, 5) is 2.49. The fourth-order valence-electron chi connectivity index (χ4n) is 10.2. The quantitative estimate of drug-likeness (QED) is 0.176. The summed E-state index contributed by atoms with van der Waals surface area (Å²) in [6, 6.07) is 53.0. The number of fused-ring (bicyclic) bond motifs is 11. The minimum absolute atomic E-state index is 0.120. The molecule has 2 aromatic heterocycles. The van der Waals surface area contributed by atoms with E-state index in [1.54, 1.807) is 0 Å². The molecule has 3 aliphatic carbocycles. The summed E-state index contributed by atoms with van der Waals surface area (Å²) >= 11 is 0. The van der Waals surface area contributed by atoms with Crippen molar-refractivity contribution in [1.29, 1.82) is 0 Å². The van der Waals surface area contributed by atoms with Crippen LogP contribution in [0.25, 0.3) is 71.5 Å². The van der Waals surface area contributed by atoms with Crippen molar-refractivity contribution in [2.45, 2.75) is 38.5 Å². The highest BCUT2D eigenvalue weighted by atomic mass is 16.3. The molecule has 0 bridgehead atoms. The fourth-order valence-corrected chi connectivity index (χ4v) is 10.2. The number of para-hydroxylation sites is 2. The van der Waals surface area contributed by atoms with Crippen molar-refractivity contribution in [1.82, 2.24) is 0 Å². The lowest BCUT2D eigenvalue weighted by atomic mass is 9.81. The number of rotatable bonds is 5. The molecule has 3 nitrogen and oxygen atoms in total. The number of allylic oxidation sites excluding steroid dienone is 5. The average molecular weight is 748 g/mol. The maximum atomic E-state index is 6.55. The van der Waals surface area contributed by atoms with Gasteiger partial charge in [-0.15, -0.1) is 0 Å². The van der Waals surface area contributed by atoms with Crippen LogP contribution in [0.5, 0.6) is 0 Å². The third kappa shape index (κ3) is 4.92. The van der Waals surface area contributed by atoms with E-state index in [1.807, 2.05) is 0 Å². The first-order valence-electron chi connectivity index (χ1n) is 20.6. The highest BCUT2D eigenvalue weighted by molar-refractivity contribution is 6.15. The first kappa shape index (κ1) is 33.3. The van der Waals surface area contributed by atoms with E-state index in [4.69, 9.17) is 8.83 Å². The molecule has 1 atom stereocenters. The van der Waals surface area contributed by atoms with Gasteiger partial charge in [0.15, 0.2) is 0 Å². The zero-order valence-electron chi connectivity index (χ0n) is 32.6. The Hall–Kier alpha value is -6.84. The van der Waals surface area contributed by atoms with Gasteiger partial charge in [-0.1, -0.05) is 135 Å². The van der Waals surface area contributed by atoms with Gasteiger partial charge in [0.25, 0.3) is 0 Å². The minimum atomic E-state index is -0.120. The molecule has 7 aromatic carbocycles. The van der Waals surface area contributed by atoms with Crippen LogP contribution in [0.2, 0.25) is 0 Å². The van der Waals surface area contributed by atoms with Gasteiger partial charge >= 0.3 is 0 Å². The maximum Gasteiger partial charge on any atom is 0.143 e. The fraction of sp³-hybridized carbons (Fsp3) is 0.127. The number of nitrogens with zero attached hydrogens (tertiary/aromatic N) is 1. The molecule has 12 rings (SSSR count). The van der Waals surface area contributed by atoms with Crippen molar-refractivity contribution in [3.05, 3.63) is 198 Å². The second-order valence-electron chi connectivity index (χ2n) is 16.7. The lowest BCUT2D eigenvalue weighted by Crippen LogP contribution is -2.20. The van der Waals surface area contributed by atoms with Crippen molar-refractivity contribution >= 4 is 60.6 Å². The Morgan fingerprint density at radius 3 is 2.28 bits per heavy atom. The Morgan fingerprint density at radius 1 is 0.603 bits per heavy atom. The van der Waals surface area contributed by atoms with E-state index in [0.717, 1.165) is 74.9 Å². The molecule has 0 saturated carbocycles. The Bertz CT molecular complexity index is 3260. The molecular weight excluding hydrogens is 707 g/mol. The molecular formula is C55H41NO2. The van der Waals surface area contributed by atoms with Gasteiger partial charge in [0.05, 0.1) is 5.69 Å². The molecule has 0 spiro atoms. The molecule has 3 aliphatic rings. The van der Waals surface area contributed by atoms with Crippen LogP contribution in [0.4, 0.5) is 11.4 Å². The zero-order valence-corrected chi connectivity index (χ0v) is 32.6. The molecule has 0 amide bonds. The third-order valence-corrected chi connectivity index (χ3v) is 13.1. The normalized spacial score (nSPS) is 16.7. The molecule has 0 N–H and O–H groups in total. The lowest BCUT2D eigenvalue weighted by Gasteiger charge is -2.32. The smallest absolute Gasteiger partial charge is 0.143 e. The number of furan rings is 2. The Balaban J connectivity index is 0.996. The Labute approximate surface area is 337 Å².